The molecule has 2 aromatic carbocycles. The maximum atomic E-state index is 12.5. The van der Waals surface area contributed by atoms with Crippen molar-refractivity contribution in [1.29, 1.82) is 0 Å². The molecule has 2 bridgehead atoms. The minimum atomic E-state index is -0.627. The number of carbonyl (C=O) groups is 1. The molecule has 1 aliphatic carbocycles. The van der Waals surface area contributed by atoms with Gasteiger partial charge in [-0.2, -0.15) is 0 Å². The molecule has 1 aromatic heterocycles. The van der Waals surface area contributed by atoms with Crippen LogP contribution in [0.15, 0.2) is 56.3 Å². The minimum absolute atomic E-state index is 0.0197. The van der Waals surface area contributed by atoms with Crippen molar-refractivity contribution in [3.8, 4) is 17.4 Å². The highest BCUT2D eigenvalue weighted by molar-refractivity contribution is 9.10. The Hall–Kier alpha value is -3.44. The largest absolute Gasteiger partial charge is 0.493 e. The zero-order valence-electron chi connectivity index (χ0n) is 25.0. The second kappa shape index (κ2) is 11.7. The van der Waals surface area contributed by atoms with Gasteiger partial charge in [0.05, 0.1) is 32.1 Å². The molecule has 1 saturated carbocycles. The first-order chi connectivity index (χ1) is 19.9. The molecule has 42 heavy (non-hydrogen) atoms. The first kappa shape index (κ1) is 30.0. The number of aromatic hydroxyl groups is 1. The lowest BCUT2D eigenvalue weighted by Crippen LogP contribution is -2.35. The molecule has 5 rings (SSSR count). The van der Waals surface area contributed by atoms with Gasteiger partial charge in [0.1, 0.15) is 0 Å². The standard InChI is InChI=1S/C31H38BrN5O5/c1-19(20-7-10-25(40-5)26(11-20)41-6)35-42-15-27(38)33-34-28-23-12-21(32)8-9-24(23)37(29(28)39)18-36-17-31(4)14-22(36)13-30(2,3)16-31/h7-12,22,39H,13-18H2,1-6H3. The van der Waals surface area contributed by atoms with E-state index in [1.807, 2.05) is 28.8 Å². The summed E-state index contributed by atoms with van der Waals surface area (Å²) in [5, 5.41) is 24.1. The molecule has 2 heterocycles. The maximum Gasteiger partial charge on any atom is 0.304 e. The number of amides is 1. The Morgan fingerprint density at radius 2 is 1.86 bits per heavy atom. The molecule has 2 fully saturated rings. The van der Waals surface area contributed by atoms with Crippen LogP contribution in [0.3, 0.4) is 0 Å². The number of rotatable bonds is 9. The number of ether oxygens (including phenoxy) is 2. The molecule has 1 aliphatic heterocycles. The Morgan fingerprint density at radius 3 is 2.60 bits per heavy atom. The van der Waals surface area contributed by atoms with Gasteiger partial charge in [-0.1, -0.05) is 41.9 Å². The van der Waals surface area contributed by atoms with Crippen LogP contribution in [-0.2, 0) is 16.3 Å². The molecular weight excluding hydrogens is 602 g/mol. The van der Waals surface area contributed by atoms with Crippen LogP contribution in [0.25, 0.3) is 10.9 Å². The van der Waals surface area contributed by atoms with Crippen molar-refractivity contribution < 1.29 is 24.2 Å². The van der Waals surface area contributed by atoms with Crippen LogP contribution in [0, 0.1) is 10.8 Å². The number of azo groups is 1. The van der Waals surface area contributed by atoms with Gasteiger partial charge in [-0.25, -0.2) is 0 Å². The third-order valence-electron chi connectivity index (χ3n) is 8.27. The van der Waals surface area contributed by atoms with Crippen LogP contribution in [-0.4, -0.2) is 59.6 Å². The SMILES string of the molecule is COc1ccc(C(C)=NOCC(=O)N=Nc2c(O)n(CN3CC4(C)CC3CC(C)(C)C4)c3ccc(Br)cc23)cc1OC. The second-order valence-corrected chi connectivity index (χ2v) is 13.4. The number of aromatic nitrogens is 1. The summed E-state index contributed by atoms with van der Waals surface area (Å²) >= 11 is 3.52. The quantitative estimate of drug-likeness (QED) is 0.153. The number of carbonyl (C=O) groups excluding carboxylic acids is 1. The van der Waals surface area contributed by atoms with Crippen LogP contribution >= 0.6 is 15.9 Å². The van der Waals surface area contributed by atoms with E-state index in [1.165, 1.54) is 6.42 Å². The number of benzene rings is 2. The molecule has 2 aliphatic rings. The third-order valence-corrected chi connectivity index (χ3v) is 8.76. The highest BCUT2D eigenvalue weighted by Gasteiger charge is 2.49. The molecule has 11 heteroatoms. The van der Waals surface area contributed by atoms with E-state index in [-0.39, 0.29) is 17.0 Å². The van der Waals surface area contributed by atoms with Crippen molar-refractivity contribution in [2.24, 2.45) is 26.2 Å². The van der Waals surface area contributed by atoms with E-state index in [1.54, 1.807) is 33.3 Å². The Morgan fingerprint density at radius 1 is 1.10 bits per heavy atom. The molecule has 3 aromatic rings. The topological polar surface area (TPSA) is 110 Å². The van der Waals surface area contributed by atoms with Crippen molar-refractivity contribution in [2.75, 3.05) is 27.4 Å². The average Bonchev–Trinajstić information content (AvgIpc) is 3.33. The highest BCUT2D eigenvalue weighted by Crippen LogP contribution is 2.53. The number of hydrogen-bond acceptors (Lipinski definition) is 8. The van der Waals surface area contributed by atoms with Gasteiger partial charge in [-0.15, -0.1) is 10.2 Å². The lowest BCUT2D eigenvalue weighted by molar-refractivity contribution is -0.122. The molecule has 0 radical (unpaired) electrons. The number of nitrogens with zero attached hydrogens (tertiary/aromatic N) is 5. The second-order valence-electron chi connectivity index (χ2n) is 12.5. The molecule has 224 valence electrons. The lowest BCUT2D eigenvalue weighted by atomic mass is 9.65. The summed E-state index contributed by atoms with van der Waals surface area (Å²) in [6.45, 7) is 9.95. The van der Waals surface area contributed by atoms with Crippen molar-refractivity contribution in [2.45, 2.75) is 59.7 Å². The van der Waals surface area contributed by atoms with Crippen molar-refractivity contribution >= 4 is 44.1 Å². The summed E-state index contributed by atoms with van der Waals surface area (Å²) in [4.78, 5) is 20.3. The molecule has 0 spiro atoms. The summed E-state index contributed by atoms with van der Waals surface area (Å²) in [5.74, 6) is 0.515. The fourth-order valence-electron chi connectivity index (χ4n) is 6.89. The van der Waals surface area contributed by atoms with E-state index in [9.17, 15) is 9.90 Å². The maximum absolute atomic E-state index is 12.5. The zero-order valence-corrected chi connectivity index (χ0v) is 26.6. The predicted octanol–water partition coefficient (Wildman–Crippen LogP) is 7.04. The zero-order chi connectivity index (χ0) is 30.2. The van der Waals surface area contributed by atoms with Gasteiger partial charge in [0.25, 0.3) is 0 Å². The Kier molecular flexibility index (Phi) is 8.35. The van der Waals surface area contributed by atoms with Gasteiger partial charge in [-0.05, 0) is 73.4 Å². The van der Waals surface area contributed by atoms with Crippen molar-refractivity contribution in [3.63, 3.8) is 0 Å². The van der Waals surface area contributed by atoms with Crippen molar-refractivity contribution in [3.05, 3.63) is 46.4 Å². The molecular formula is C31H38BrN5O5. The first-order valence-corrected chi connectivity index (χ1v) is 14.8. The van der Waals surface area contributed by atoms with Gasteiger partial charge in [-0.3, -0.25) is 14.3 Å². The van der Waals surface area contributed by atoms with Gasteiger partial charge in [0, 0.05) is 28.0 Å². The van der Waals surface area contributed by atoms with Crippen LogP contribution < -0.4 is 9.47 Å². The predicted molar refractivity (Wildman–Crippen MR) is 165 cm³/mol. The molecule has 1 saturated heterocycles. The van der Waals surface area contributed by atoms with E-state index in [2.05, 4.69) is 57.0 Å². The van der Waals surface area contributed by atoms with Gasteiger partial charge in [0.2, 0.25) is 5.88 Å². The van der Waals surface area contributed by atoms with Gasteiger partial charge in [0.15, 0.2) is 23.8 Å². The summed E-state index contributed by atoms with van der Waals surface area (Å²) in [7, 11) is 3.12. The van der Waals surface area contributed by atoms with E-state index in [4.69, 9.17) is 14.3 Å². The van der Waals surface area contributed by atoms with Crippen LogP contribution in [0.5, 0.6) is 17.4 Å². The number of likely N-dealkylation sites (tertiary alicyclic amines) is 1. The summed E-state index contributed by atoms with van der Waals surface area (Å²) in [6, 6.07) is 11.6. The number of fused-ring (bicyclic) bond motifs is 3. The Balaban J connectivity index is 1.31. The first-order valence-electron chi connectivity index (χ1n) is 14.0. The van der Waals surface area contributed by atoms with E-state index in [0.717, 1.165) is 34.9 Å². The highest BCUT2D eigenvalue weighted by atomic mass is 79.9. The number of halogens is 1. The van der Waals surface area contributed by atoms with Crippen LogP contribution in [0.1, 0.15) is 52.5 Å². The van der Waals surface area contributed by atoms with E-state index >= 15 is 0 Å². The Labute approximate surface area is 254 Å². The smallest absolute Gasteiger partial charge is 0.304 e. The minimum Gasteiger partial charge on any atom is -0.493 e. The lowest BCUT2D eigenvalue weighted by Gasteiger charge is -2.40. The molecule has 2 atom stereocenters. The summed E-state index contributed by atoms with van der Waals surface area (Å²) in [6.07, 6.45) is 3.49. The molecule has 10 nitrogen and oxygen atoms in total. The third kappa shape index (κ3) is 6.17. The Bertz CT molecular complexity index is 1560. The monoisotopic (exact) mass is 639 g/mol. The number of oxime groups is 1. The van der Waals surface area contributed by atoms with Crippen LogP contribution in [0.2, 0.25) is 0 Å². The summed E-state index contributed by atoms with van der Waals surface area (Å²) in [5.41, 5.74) is 2.94. The van der Waals surface area contributed by atoms with Crippen molar-refractivity contribution in [1.82, 2.24) is 9.47 Å². The molecule has 2 unspecified atom stereocenters. The van der Waals surface area contributed by atoms with Crippen LogP contribution in [0.4, 0.5) is 5.69 Å². The van der Waals surface area contributed by atoms with Gasteiger partial charge >= 0.3 is 5.91 Å². The van der Waals surface area contributed by atoms with E-state index in [0.29, 0.717) is 40.7 Å². The molecule has 1 amide bonds. The number of methoxy groups -OCH3 is 2. The normalized spacial score (nSPS) is 22.2. The van der Waals surface area contributed by atoms with E-state index < -0.39 is 12.5 Å². The fraction of sp³-hybridized carbons (Fsp3) is 0.484. The average molecular weight is 641 g/mol. The van der Waals surface area contributed by atoms with Gasteiger partial charge < -0.3 is 19.4 Å². The molecule has 1 N–H and O–H groups in total. The fourth-order valence-corrected chi connectivity index (χ4v) is 7.26. The number of hydrogen-bond donors (Lipinski definition) is 1. The summed E-state index contributed by atoms with van der Waals surface area (Å²) < 4.78 is 13.3.